The molecule has 0 spiro atoms. The maximum absolute atomic E-state index is 12.8. The first-order valence-corrected chi connectivity index (χ1v) is 8.78. The van der Waals surface area contributed by atoms with Gasteiger partial charge in [0.2, 0.25) is 5.91 Å². The molecule has 1 atom stereocenters. The van der Waals surface area contributed by atoms with Crippen LogP contribution in [0, 0.1) is 0 Å². The highest BCUT2D eigenvalue weighted by atomic mass is 35.5. The van der Waals surface area contributed by atoms with Crippen LogP contribution in [0.1, 0.15) is 24.4 Å². The van der Waals surface area contributed by atoms with Gasteiger partial charge >= 0.3 is 0 Å². The number of halogens is 1. The predicted molar refractivity (Wildman–Crippen MR) is 93.3 cm³/mol. The summed E-state index contributed by atoms with van der Waals surface area (Å²) >= 11 is 7.72. The highest BCUT2D eigenvalue weighted by Crippen LogP contribution is 2.41. The Kier molecular flexibility index (Phi) is 4.80. The highest BCUT2D eigenvalue weighted by Gasteiger charge is 2.36. The van der Waals surface area contributed by atoms with Gasteiger partial charge in [-0.2, -0.15) is 0 Å². The number of carbonyl (C=O) groups is 2. The van der Waals surface area contributed by atoms with Crippen LogP contribution in [0.25, 0.3) is 0 Å². The van der Waals surface area contributed by atoms with Crippen molar-refractivity contribution in [1.82, 2.24) is 9.80 Å². The third-order valence-electron chi connectivity index (χ3n) is 4.25. The van der Waals surface area contributed by atoms with Gasteiger partial charge in [-0.05, 0) is 28.5 Å². The minimum absolute atomic E-state index is 0.0131. The molecule has 0 N–H and O–H groups in total. The largest absolute Gasteiger partial charge is 0.347 e. The van der Waals surface area contributed by atoms with E-state index >= 15 is 0 Å². The Morgan fingerprint density at radius 3 is 2.78 bits per heavy atom. The molecule has 1 amide bonds. The topological polar surface area (TPSA) is 40.6 Å². The van der Waals surface area contributed by atoms with E-state index in [9.17, 15) is 9.59 Å². The zero-order chi connectivity index (χ0) is 16.6. The van der Waals surface area contributed by atoms with Gasteiger partial charge in [0.25, 0.3) is 0 Å². The van der Waals surface area contributed by atoms with Crippen LogP contribution in [0.4, 0.5) is 0 Å². The van der Waals surface area contributed by atoms with E-state index in [4.69, 9.17) is 11.6 Å². The van der Waals surface area contributed by atoms with Crippen molar-refractivity contribution in [2.75, 3.05) is 27.2 Å². The maximum atomic E-state index is 12.8. The van der Waals surface area contributed by atoms with E-state index in [1.165, 1.54) is 16.7 Å². The number of rotatable bonds is 3. The number of benzene rings is 1. The second-order valence-electron chi connectivity index (χ2n) is 6.05. The summed E-state index contributed by atoms with van der Waals surface area (Å²) in [6.07, 6.45) is 1.33. The first kappa shape index (κ1) is 16.6. The summed E-state index contributed by atoms with van der Waals surface area (Å²) in [7, 11) is 3.52. The molecule has 122 valence electrons. The van der Waals surface area contributed by atoms with Gasteiger partial charge in [-0.15, -0.1) is 0 Å². The average Bonchev–Trinajstić information content (AvgIpc) is 2.88. The lowest BCUT2D eigenvalue weighted by molar-refractivity contribution is -0.134. The van der Waals surface area contributed by atoms with Crippen LogP contribution in [0.15, 0.2) is 34.7 Å². The Morgan fingerprint density at radius 1 is 1.35 bits per heavy atom. The Morgan fingerprint density at radius 2 is 2.09 bits per heavy atom. The van der Waals surface area contributed by atoms with Crippen LogP contribution < -0.4 is 0 Å². The normalized spacial score (nSPS) is 19.7. The van der Waals surface area contributed by atoms with Crippen molar-refractivity contribution >= 4 is 34.4 Å². The predicted octanol–water partition coefficient (Wildman–Crippen LogP) is 3.09. The van der Waals surface area contributed by atoms with Gasteiger partial charge < -0.3 is 4.90 Å². The van der Waals surface area contributed by atoms with Crippen LogP contribution in [0.2, 0.25) is 5.02 Å². The molecule has 0 aromatic heterocycles. The average molecular weight is 351 g/mol. The molecule has 0 aliphatic carbocycles. The van der Waals surface area contributed by atoms with Crippen LogP contribution >= 0.6 is 23.4 Å². The van der Waals surface area contributed by atoms with E-state index in [1.54, 1.807) is 19.0 Å². The Bertz CT molecular complexity index is 687. The number of likely N-dealkylation sites (N-methyl/N-ethyl adjacent to an activating group) is 1. The zero-order valence-corrected chi connectivity index (χ0v) is 14.8. The fraction of sp³-hybridized carbons (Fsp3) is 0.412. The first-order chi connectivity index (χ1) is 11.0. The summed E-state index contributed by atoms with van der Waals surface area (Å²) in [6, 6.07) is 7.09. The van der Waals surface area contributed by atoms with Crippen LogP contribution in [0.3, 0.4) is 0 Å². The molecule has 2 aliphatic rings. The molecule has 1 aromatic rings. The molecule has 0 saturated carbocycles. The molecule has 2 heterocycles. The molecule has 0 radical (unpaired) electrons. The van der Waals surface area contributed by atoms with Gasteiger partial charge in [-0.3, -0.25) is 14.5 Å². The molecule has 6 heteroatoms. The van der Waals surface area contributed by atoms with Crippen molar-refractivity contribution in [1.29, 1.82) is 0 Å². The number of thioether (sulfide) groups is 1. The lowest BCUT2D eigenvalue weighted by Crippen LogP contribution is -2.43. The third-order valence-corrected chi connectivity index (χ3v) is 5.70. The summed E-state index contributed by atoms with van der Waals surface area (Å²) in [5.74, 6) is 0.0131. The van der Waals surface area contributed by atoms with Crippen molar-refractivity contribution in [3.05, 3.63) is 45.3 Å². The smallest absolute Gasteiger partial charge is 0.244 e. The minimum Gasteiger partial charge on any atom is -0.347 e. The lowest BCUT2D eigenvalue weighted by Gasteiger charge is -2.36. The monoisotopic (exact) mass is 350 g/mol. The van der Waals surface area contributed by atoms with Crippen LogP contribution in [-0.4, -0.2) is 48.0 Å². The fourth-order valence-electron chi connectivity index (χ4n) is 3.11. The molecule has 0 saturated heterocycles. The molecule has 4 nitrogen and oxygen atoms in total. The number of hydrogen-bond donors (Lipinski definition) is 0. The van der Waals surface area contributed by atoms with Gasteiger partial charge in [0.1, 0.15) is 6.04 Å². The summed E-state index contributed by atoms with van der Waals surface area (Å²) in [5, 5.41) is 0.814. The van der Waals surface area contributed by atoms with Crippen LogP contribution in [-0.2, 0) is 9.59 Å². The second kappa shape index (κ2) is 6.67. The maximum Gasteiger partial charge on any atom is 0.244 e. The summed E-state index contributed by atoms with van der Waals surface area (Å²) < 4.78 is 0. The van der Waals surface area contributed by atoms with Gasteiger partial charge in [0.05, 0.1) is 0 Å². The second-order valence-corrected chi connectivity index (χ2v) is 7.61. The van der Waals surface area contributed by atoms with Gasteiger partial charge in [-0.1, -0.05) is 41.6 Å². The zero-order valence-electron chi connectivity index (χ0n) is 13.2. The lowest BCUT2D eigenvalue weighted by atomic mass is 9.99. The summed E-state index contributed by atoms with van der Waals surface area (Å²) in [4.78, 5) is 29.4. The Labute approximate surface area is 145 Å². The Hall–Kier alpha value is -1.30. The minimum atomic E-state index is -0.409. The van der Waals surface area contributed by atoms with Gasteiger partial charge in [0, 0.05) is 38.6 Å². The number of carbonyl (C=O) groups excluding carboxylic acids is 2. The number of nitrogens with zero attached hydrogens (tertiary/aromatic N) is 2. The van der Waals surface area contributed by atoms with E-state index in [-0.39, 0.29) is 11.0 Å². The molecular weight excluding hydrogens is 332 g/mol. The van der Waals surface area contributed by atoms with E-state index in [0.717, 1.165) is 24.1 Å². The van der Waals surface area contributed by atoms with Crippen molar-refractivity contribution in [2.24, 2.45) is 0 Å². The number of amides is 1. The molecular formula is C17H19ClN2O2S. The molecule has 1 unspecified atom stereocenters. The van der Waals surface area contributed by atoms with E-state index in [2.05, 4.69) is 4.90 Å². The van der Waals surface area contributed by atoms with Crippen molar-refractivity contribution in [3.8, 4) is 0 Å². The molecule has 3 rings (SSSR count). The fourth-order valence-corrected chi connectivity index (χ4v) is 4.34. The van der Waals surface area contributed by atoms with Gasteiger partial charge in [-0.25, -0.2) is 0 Å². The molecule has 2 aliphatic heterocycles. The van der Waals surface area contributed by atoms with Crippen molar-refractivity contribution < 1.29 is 9.59 Å². The van der Waals surface area contributed by atoms with Crippen molar-refractivity contribution in [3.63, 3.8) is 0 Å². The quantitative estimate of drug-likeness (QED) is 0.840. The van der Waals surface area contributed by atoms with Gasteiger partial charge in [0.15, 0.2) is 5.12 Å². The Balaban J connectivity index is 1.92. The van der Waals surface area contributed by atoms with Crippen molar-refractivity contribution in [2.45, 2.75) is 18.9 Å². The number of hydrogen-bond acceptors (Lipinski definition) is 4. The molecule has 0 fully saturated rings. The highest BCUT2D eigenvalue weighted by molar-refractivity contribution is 8.17. The van der Waals surface area contributed by atoms with E-state index < -0.39 is 6.04 Å². The summed E-state index contributed by atoms with van der Waals surface area (Å²) in [5.41, 5.74) is 1.99. The SMILES string of the molecule is CN(C)C(=O)C(c1ccccc1Cl)N1CCC2=C(CC(=O)S2)C1. The standard InChI is InChI=1S/C17H19ClN2O2S/c1-19(2)17(22)16(12-5-3-4-6-13(12)18)20-8-7-14-11(10-20)9-15(21)23-14/h3-6,16H,7-10H2,1-2H3. The first-order valence-electron chi connectivity index (χ1n) is 7.58. The van der Waals surface area contributed by atoms with E-state index in [1.807, 2.05) is 24.3 Å². The van der Waals surface area contributed by atoms with Crippen LogP contribution in [0.5, 0.6) is 0 Å². The molecule has 0 bridgehead atoms. The van der Waals surface area contributed by atoms with E-state index in [0.29, 0.717) is 18.0 Å². The molecule has 23 heavy (non-hydrogen) atoms. The molecule has 1 aromatic carbocycles. The third kappa shape index (κ3) is 3.32. The summed E-state index contributed by atoms with van der Waals surface area (Å²) in [6.45, 7) is 1.41.